The monoisotopic (exact) mass is 303 g/mol. The van der Waals surface area contributed by atoms with E-state index in [0.717, 1.165) is 5.56 Å². The Morgan fingerprint density at radius 2 is 1.86 bits per heavy atom. The highest BCUT2D eigenvalue weighted by atomic mass is 35.5. The molecule has 1 amide bonds. The standard InChI is InChI=1S/C16H14ClNO3/c17-13-4-2-1-3-12(13)10-18-16(19)11-5-6-14-15(9-11)21-8-7-20-14/h1-6,9H,7-8,10H2,(H,18,19). The minimum atomic E-state index is -0.174. The Morgan fingerprint density at radius 1 is 1.10 bits per heavy atom. The number of amides is 1. The van der Waals surface area contributed by atoms with Crippen molar-refractivity contribution in [3.63, 3.8) is 0 Å². The summed E-state index contributed by atoms with van der Waals surface area (Å²) < 4.78 is 10.9. The van der Waals surface area contributed by atoms with Gasteiger partial charge in [-0.25, -0.2) is 0 Å². The molecule has 0 radical (unpaired) electrons. The molecule has 0 spiro atoms. The second kappa shape index (κ2) is 6.06. The number of ether oxygens (including phenoxy) is 2. The van der Waals surface area contributed by atoms with E-state index in [1.807, 2.05) is 18.2 Å². The van der Waals surface area contributed by atoms with Crippen molar-refractivity contribution in [3.05, 3.63) is 58.6 Å². The summed E-state index contributed by atoms with van der Waals surface area (Å²) in [5.74, 6) is 1.10. The first-order valence-electron chi connectivity index (χ1n) is 6.65. The molecule has 21 heavy (non-hydrogen) atoms. The van der Waals surface area contributed by atoms with Gasteiger partial charge in [0.05, 0.1) is 0 Å². The van der Waals surface area contributed by atoms with E-state index < -0.39 is 0 Å². The van der Waals surface area contributed by atoms with Crippen molar-refractivity contribution in [2.24, 2.45) is 0 Å². The first kappa shape index (κ1) is 13.8. The number of nitrogens with one attached hydrogen (secondary N) is 1. The third-order valence-electron chi connectivity index (χ3n) is 3.20. The number of halogens is 1. The SMILES string of the molecule is O=C(NCc1ccccc1Cl)c1ccc2c(c1)OCCO2. The maximum atomic E-state index is 12.2. The first-order chi connectivity index (χ1) is 10.2. The fourth-order valence-corrected chi connectivity index (χ4v) is 2.31. The lowest BCUT2D eigenvalue weighted by atomic mass is 10.1. The van der Waals surface area contributed by atoms with Gasteiger partial charge in [0.2, 0.25) is 0 Å². The van der Waals surface area contributed by atoms with E-state index in [1.54, 1.807) is 24.3 Å². The van der Waals surface area contributed by atoms with Crippen LogP contribution in [0.4, 0.5) is 0 Å². The predicted octanol–water partition coefficient (Wildman–Crippen LogP) is 3.04. The van der Waals surface area contributed by atoms with Crippen LogP contribution < -0.4 is 14.8 Å². The minimum Gasteiger partial charge on any atom is -0.486 e. The van der Waals surface area contributed by atoms with Crippen molar-refractivity contribution in [2.75, 3.05) is 13.2 Å². The molecule has 0 bridgehead atoms. The Labute approximate surface area is 127 Å². The quantitative estimate of drug-likeness (QED) is 0.948. The highest BCUT2D eigenvalue weighted by molar-refractivity contribution is 6.31. The van der Waals surface area contributed by atoms with E-state index in [2.05, 4.69) is 5.32 Å². The van der Waals surface area contributed by atoms with Crippen LogP contribution in [-0.2, 0) is 6.54 Å². The maximum absolute atomic E-state index is 12.2. The average Bonchev–Trinajstić information content (AvgIpc) is 2.53. The van der Waals surface area contributed by atoms with Crippen LogP contribution in [0.1, 0.15) is 15.9 Å². The number of hydrogen-bond acceptors (Lipinski definition) is 3. The van der Waals surface area contributed by atoms with Gasteiger partial charge in [0.25, 0.3) is 5.91 Å². The van der Waals surface area contributed by atoms with Crippen molar-refractivity contribution in [1.29, 1.82) is 0 Å². The van der Waals surface area contributed by atoms with Gasteiger partial charge in [0.1, 0.15) is 13.2 Å². The van der Waals surface area contributed by atoms with Crippen molar-refractivity contribution in [3.8, 4) is 11.5 Å². The largest absolute Gasteiger partial charge is 0.486 e. The zero-order valence-electron chi connectivity index (χ0n) is 11.3. The van der Waals surface area contributed by atoms with Gasteiger partial charge in [0.15, 0.2) is 11.5 Å². The third-order valence-corrected chi connectivity index (χ3v) is 3.57. The summed E-state index contributed by atoms with van der Waals surface area (Å²) in [7, 11) is 0. The van der Waals surface area contributed by atoms with Gasteiger partial charge >= 0.3 is 0 Å². The van der Waals surface area contributed by atoms with E-state index in [-0.39, 0.29) is 5.91 Å². The normalized spacial score (nSPS) is 12.8. The van der Waals surface area contributed by atoms with Crippen LogP contribution in [0.25, 0.3) is 0 Å². The molecule has 0 aliphatic carbocycles. The van der Waals surface area contributed by atoms with Gasteiger partial charge in [-0.3, -0.25) is 4.79 Å². The summed E-state index contributed by atoms with van der Waals surface area (Å²) in [5, 5.41) is 3.48. The van der Waals surface area contributed by atoms with Gasteiger partial charge in [0, 0.05) is 17.1 Å². The van der Waals surface area contributed by atoms with E-state index in [9.17, 15) is 4.79 Å². The van der Waals surface area contributed by atoms with Crippen molar-refractivity contribution in [2.45, 2.75) is 6.54 Å². The summed E-state index contributed by atoms with van der Waals surface area (Å²) in [6.45, 7) is 1.41. The van der Waals surface area contributed by atoms with Crippen LogP contribution in [0.3, 0.4) is 0 Å². The van der Waals surface area contributed by atoms with Crippen molar-refractivity contribution in [1.82, 2.24) is 5.32 Å². The maximum Gasteiger partial charge on any atom is 0.251 e. The highest BCUT2D eigenvalue weighted by Crippen LogP contribution is 2.30. The lowest BCUT2D eigenvalue weighted by Gasteiger charge is -2.18. The molecule has 0 unspecified atom stereocenters. The number of fused-ring (bicyclic) bond motifs is 1. The van der Waals surface area contributed by atoms with Crippen LogP contribution in [0.5, 0.6) is 11.5 Å². The molecule has 0 atom stereocenters. The van der Waals surface area contributed by atoms with Crippen LogP contribution in [-0.4, -0.2) is 19.1 Å². The topological polar surface area (TPSA) is 47.6 Å². The third kappa shape index (κ3) is 3.11. The molecule has 0 saturated heterocycles. The predicted molar refractivity (Wildman–Crippen MR) is 80.1 cm³/mol. The zero-order valence-corrected chi connectivity index (χ0v) is 12.0. The van der Waals surface area contributed by atoms with E-state index in [1.165, 1.54) is 0 Å². The summed E-state index contributed by atoms with van der Waals surface area (Å²) in [6.07, 6.45) is 0. The summed E-state index contributed by atoms with van der Waals surface area (Å²) in [5.41, 5.74) is 1.41. The summed E-state index contributed by atoms with van der Waals surface area (Å²) >= 11 is 6.06. The fraction of sp³-hybridized carbons (Fsp3) is 0.188. The molecule has 0 saturated carbocycles. The molecule has 4 nitrogen and oxygen atoms in total. The lowest BCUT2D eigenvalue weighted by Crippen LogP contribution is -2.23. The molecule has 1 aliphatic heterocycles. The molecular weight excluding hydrogens is 290 g/mol. The number of benzene rings is 2. The van der Waals surface area contributed by atoms with Crippen LogP contribution in [0, 0.1) is 0 Å². The zero-order chi connectivity index (χ0) is 14.7. The molecule has 2 aromatic rings. The molecule has 108 valence electrons. The molecule has 2 aromatic carbocycles. The molecule has 0 fully saturated rings. The highest BCUT2D eigenvalue weighted by Gasteiger charge is 2.14. The number of hydrogen-bond donors (Lipinski definition) is 1. The lowest BCUT2D eigenvalue weighted by molar-refractivity contribution is 0.0949. The van der Waals surface area contributed by atoms with Crippen LogP contribution in [0.2, 0.25) is 5.02 Å². The van der Waals surface area contributed by atoms with Gasteiger partial charge in [-0.1, -0.05) is 29.8 Å². The second-order valence-electron chi connectivity index (χ2n) is 4.63. The number of rotatable bonds is 3. The molecular formula is C16H14ClNO3. The summed E-state index contributed by atoms with van der Waals surface area (Å²) in [6, 6.07) is 12.6. The van der Waals surface area contributed by atoms with Gasteiger partial charge < -0.3 is 14.8 Å². The molecule has 1 aliphatic rings. The number of carbonyl (C=O) groups is 1. The van der Waals surface area contributed by atoms with Gasteiger partial charge in [-0.2, -0.15) is 0 Å². The Morgan fingerprint density at radius 3 is 2.67 bits per heavy atom. The summed E-state index contributed by atoms with van der Waals surface area (Å²) in [4.78, 5) is 12.2. The Bertz CT molecular complexity index is 672. The smallest absolute Gasteiger partial charge is 0.251 e. The fourth-order valence-electron chi connectivity index (χ4n) is 2.10. The van der Waals surface area contributed by atoms with Crippen LogP contribution in [0.15, 0.2) is 42.5 Å². The molecule has 1 heterocycles. The molecule has 3 rings (SSSR count). The second-order valence-corrected chi connectivity index (χ2v) is 5.04. The van der Waals surface area contributed by atoms with Gasteiger partial charge in [-0.15, -0.1) is 0 Å². The van der Waals surface area contributed by atoms with E-state index in [4.69, 9.17) is 21.1 Å². The average molecular weight is 304 g/mol. The van der Waals surface area contributed by atoms with Crippen LogP contribution >= 0.6 is 11.6 Å². The minimum absolute atomic E-state index is 0.174. The number of carbonyl (C=O) groups excluding carboxylic acids is 1. The van der Waals surface area contributed by atoms with Crippen molar-refractivity contribution < 1.29 is 14.3 Å². The van der Waals surface area contributed by atoms with Gasteiger partial charge in [-0.05, 0) is 29.8 Å². The first-order valence-corrected chi connectivity index (χ1v) is 7.03. The Hall–Kier alpha value is -2.20. The Balaban J connectivity index is 1.69. The Kier molecular flexibility index (Phi) is 3.97. The molecule has 1 N–H and O–H groups in total. The molecule has 5 heteroatoms. The van der Waals surface area contributed by atoms with E-state index in [0.29, 0.717) is 41.8 Å². The van der Waals surface area contributed by atoms with Crippen molar-refractivity contribution >= 4 is 17.5 Å². The van der Waals surface area contributed by atoms with E-state index >= 15 is 0 Å². The molecule has 0 aromatic heterocycles.